The summed E-state index contributed by atoms with van der Waals surface area (Å²) in [6, 6.07) is 8.05. The lowest BCUT2D eigenvalue weighted by molar-refractivity contribution is 0.326. The summed E-state index contributed by atoms with van der Waals surface area (Å²) < 4.78 is 29.5. The smallest absolute Gasteiger partial charge is 0.243 e. The number of imidazole rings is 1. The monoisotopic (exact) mass is 473 g/mol. The molecule has 3 aromatic heterocycles. The molecule has 0 bridgehead atoms. The van der Waals surface area contributed by atoms with Crippen molar-refractivity contribution in [3.63, 3.8) is 0 Å². The van der Waals surface area contributed by atoms with E-state index in [9.17, 15) is 8.42 Å². The maximum Gasteiger partial charge on any atom is 0.243 e. The Kier molecular flexibility index (Phi) is 5.39. The van der Waals surface area contributed by atoms with Gasteiger partial charge in [-0.15, -0.1) is 11.3 Å². The van der Waals surface area contributed by atoms with Crippen LogP contribution in [0.25, 0.3) is 16.3 Å². The molecule has 159 valence electrons. The third-order valence-electron chi connectivity index (χ3n) is 5.14. The molecule has 8 nitrogen and oxygen atoms in total. The molecule has 0 spiro atoms. The summed E-state index contributed by atoms with van der Waals surface area (Å²) >= 11 is 7.52. The molecule has 4 heterocycles. The number of nitrogens with one attached hydrogen (secondary N) is 1. The molecule has 0 saturated carbocycles. The summed E-state index contributed by atoms with van der Waals surface area (Å²) in [6.07, 6.45) is 8.16. The third-order valence-corrected chi connectivity index (χ3v) is 7.99. The van der Waals surface area contributed by atoms with Crippen LogP contribution in [0.1, 0.15) is 12.8 Å². The van der Waals surface area contributed by atoms with Gasteiger partial charge in [-0.1, -0.05) is 17.7 Å². The van der Waals surface area contributed by atoms with Crippen LogP contribution < -0.4 is 5.32 Å². The minimum atomic E-state index is -3.62. The molecule has 5 rings (SSSR count). The molecule has 1 radical (unpaired) electrons. The average molecular weight is 474 g/mol. The number of rotatable bonds is 5. The number of thiazole rings is 1. The van der Waals surface area contributed by atoms with Crippen LogP contribution >= 0.6 is 22.9 Å². The zero-order chi connectivity index (χ0) is 21.4. The Morgan fingerprint density at radius 2 is 2.19 bits per heavy atom. The van der Waals surface area contributed by atoms with Gasteiger partial charge in [0.2, 0.25) is 16.0 Å². The Hall–Kier alpha value is -2.53. The Morgan fingerprint density at radius 3 is 3.06 bits per heavy atom. The fraction of sp³-hybridized carbons (Fsp3) is 0.250. The van der Waals surface area contributed by atoms with Gasteiger partial charge in [-0.2, -0.15) is 4.31 Å². The van der Waals surface area contributed by atoms with Gasteiger partial charge in [0.1, 0.15) is 11.9 Å². The number of sulfonamides is 1. The lowest BCUT2D eigenvalue weighted by atomic mass is 10.1. The summed E-state index contributed by atoms with van der Waals surface area (Å²) in [4.78, 5) is 14.2. The van der Waals surface area contributed by atoms with E-state index < -0.39 is 10.0 Å². The van der Waals surface area contributed by atoms with Gasteiger partial charge in [0.25, 0.3) is 0 Å². The van der Waals surface area contributed by atoms with E-state index in [1.165, 1.54) is 21.7 Å². The molecule has 1 N–H and O–H groups in total. The van der Waals surface area contributed by atoms with E-state index in [4.69, 9.17) is 11.6 Å². The van der Waals surface area contributed by atoms with E-state index in [1.54, 1.807) is 30.5 Å². The topological polar surface area (TPSA) is 92.5 Å². The zero-order valence-electron chi connectivity index (χ0n) is 16.3. The van der Waals surface area contributed by atoms with Gasteiger partial charge in [0.05, 0.1) is 10.6 Å². The number of aromatic nitrogens is 4. The molecule has 0 amide bonds. The highest BCUT2D eigenvalue weighted by molar-refractivity contribution is 7.89. The number of fused-ring (bicyclic) bond motifs is 1. The molecule has 1 aliphatic rings. The van der Waals surface area contributed by atoms with Crippen molar-refractivity contribution in [3.8, 4) is 11.4 Å². The molecular formula is C20H18ClN6O2S2. The Bertz CT molecular complexity index is 1340. The number of piperidine rings is 1. The van der Waals surface area contributed by atoms with Crippen LogP contribution in [0.3, 0.4) is 0 Å². The fourth-order valence-corrected chi connectivity index (χ4v) is 6.15. The molecule has 4 aromatic rings. The highest BCUT2D eigenvalue weighted by Crippen LogP contribution is 2.25. The predicted molar refractivity (Wildman–Crippen MR) is 120 cm³/mol. The second-order valence-electron chi connectivity index (χ2n) is 7.20. The molecule has 1 atom stereocenters. The van der Waals surface area contributed by atoms with E-state index in [2.05, 4.69) is 26.5 Å². The first-order valence-electron chi connectivity index (χ1n) is 9.69. The van der Waals surface area contributed by atoms with Crippen LogP contribution in [0, 0.1) is 6.20 Å². The van der Waals surface area contributed by atoms with Crippen LogP contribution in [0.2, 0.25) is 5.02 Å². The normalized spacial score (nSPS) is 17.8. The average Bonchev–Trinajstić information content (AvgIpc) is 3.38. The summed E-state index contributed by atoms with van der Waals surface area (Å²) in [5.74, 6) is 0.447. The molecule has 31 heavy (non-hydrogen) atoms. The zero-order valence-corrected chi connectivity index (χ0v) is 18.7. The van der Waals surface area contributed by atoms with E-state index >= 15 is 0 Å². The summed E-state index contributed by atoms with van der Waals surface area (Å²) in [5.41, 5.74) is 1.46. The van der Waals surface area contributed by atoms with Gasteiger partial charge in [0.15, 0.2) is 4.96 Å². The van der Waals surface area contributed by atoms with Crippen LogP contribution in [-0.2, 0) is 10.0 Å². The van der Waals surface area contributed by atoms with E-state index in [1.807, 2.05) is 16.0 Å². The Morgan fingerprint density at radius 1 is 1.29 bits per heavy atom. The van der Waals surface area contributed by atoms with E-state index in [-0.39, 0.29) is 10.9 Å². The number of hydrogen-bond acceptors (Lipinski definition) is 7. The highest BCUT2D eigenvalue weighted by atomic mass is 35.5. The van der Waals surface area contributed by atoms with Gasteiger partial charge in [-0.3, -0.25) is 4.40 Å². The molecular weight excluding hydrogens is 456 g/mol. The van der Waals surface area contributed by atoms with Crippen molar-refractivity contribution >= 4 is 43.9 Å². The van der Waals surface area contributed by atoms with Crippen LogP contribution in [0.15, 0.2) is 53.0 Å². The van der Waals surface area contributed by atoms with Gasteiger partial charge in [-0.05, 0) is 37.1 Å². The number of benzene rings is 1. The van der Waals surface area contributed by atoms with E-state index in [0.29, 0.717) is 29.8 Å². The summed E-state index contributed by atoms with van der Waals surface area (Å²) in [6.45, 7) is 0.796. The minimum absolute atomic E-state index is 0.103. The fourth-order valence-electron chi connectivity index (χ4n) is 3.66. The molecule has 0 aliphatic carbocycles. The first kappa shape index (κ1) is 20.4. The second kappa shape index (κ2) is 8.19. The van der Waals surface area contributed by atoms with Gasteiger partial charge < -0.3 is 5.32 Å². The number of nitrogens with zero attached hydrogens (tertiary/aromatic N) is 5. The molecule has 11 heteroatoms. The molecule has 0 unspecified atom stereocenters. The second-order valence-corrected chi connectivity index (χ2v) is 10.4. The Balaban J connectivity index is 1.34. The van der Waals surface area contributed by atoms with Gasteiger partial charge in [0, 0.05) is 41.9 Å². The minimum Gasteiger partial charge on any atom is -0.350 e. The highest BCUT2D eigenvalue weighted by Gasteiger charge is 2.30. The van der Waals surface area contributed by atoms with Gasteiger partial charge in [-0.25, -0.2) is 23.4 Å². The first-order valence-corrected chi connectivity index (χ1v) is 12.4. The van der Waals surface area contributed by atoms with Gasteiger partial charge >= 0.3 is 0 Å². The van der Waals surface area contributed by atoms with Crippen LogP contribution in [0.4, 0.5) is 5.95 Å². The lowest BCUT2D eigenvalue weighted by Gasteiger charge is -2.32. The largest absolute Gasteiger partial charge is 0.350 e. The summed E-state index contributed by atoms with van der Waals surface area (Å²) in [5, 5.41) is 5.65. The molecule has 1 fully saturated rings. The molecule has 1 saturated heterocycles. The Labute approximate surface area is 188 Å². The third kappa shape index (κ3) is 4.03. The van der Waals surface area contributed by atoms with Crippen molar-refractivity contribution < 1.29 is 8.42 Å². The van der Waals surface area contributed by atoms with Crippen LogP contribution in [0.5, 0.6) is 0 Å². The van der Waals surface area contributed by atoms with Crippen molar-refractivity contribution in [1.82, 2.24) is 23.7 Å². The summed E-state index contributed by atoms with van der Waals surface area (Å²) in [7, 11) is -3.62. The lowest BCUT2D eigenvalue weighted by Crippen LogP contribution is -2.45. The SMILES string of the molecule is O=S(=O)(c1cccc(Cl)c1)N1CCC[C@@H](Nc2nccc(-c3[c]nc4sccn34)n2)C1. The number of hydrogen-bond donors (Lipinski definition) is 1. The van der Waals surface area contributed by atoms with Crippen molar-refractivity contribution in [2.24, 2.45) is 0 Å². The van der Waals surface area contributed by atoms with Crippen molar-refractivity contribution in [2.75, 3.05) is 18.4 Å². The van der Waals surface area contributed by atoms with E-state index in [0.717, 1.165) is 23.5 Å². The number of anilines is 1. The number of halogens is 1. The predicted octanol–water partition coefficient (Wildman–Crippen LogP) is 3.57. The van der Waals surface area contributed by atoms with Crippen molar-refractivity contribution in [2.45, 2.75) is 23.8 Å². The van der Waals surface area contributed by atoms with Crippen molar-refractivity contribution in [3.05, 3.63) is 59.3 Å². The molecule has 1 aliphatic heterocycles. The van der Waals surface area contributed by atoms with Crippen LogP contribution in [-0.4, -0.2) is 51.2 Å². The maximum atomic E-state index is 13.0. The molecule has 1 aromatic carbocycles. The maximum absolute atomic E-state index is 13.0. The first-order chi connectivity index (χ1) is 15.0. The quantitative estimate of drug-likeness (QED) is 0.476. The standard InChI is InChI=1S/C20H18ClN6O2S2/c21-14-3-1-5-16(11-14)31(28,29)26-8-2-4-15(13-26)24-19-22-7-6-17(25-19)18-12-23-20-27(18)9-10-30-20/h1,3,5-7,9-11,15H,2,4,8,13H2,(H,22,24,25)/t15-/m1/s1. The van der Waals surface area contributed by atoms with Crippen molar-refractivity contribution in [1.29, 1.82) is 0 Å².